The van der Waals surface area contributed by atoms with E-state index in [2.05, 4.69) is 28.7 Å². The number of hydrogen-bond acceptors (Lipinski definition) is 4. The molecule has 2 heterocycles. The van der Waals surface area contributed by atoms with Crippen LogP contribution >= 0.6 is 22.7 Å². The number of rotatable bonds is 5. The second-order valence-electron chi connectivity index (χ2n) is 3.25. The summed E-state index contributed by atoms with van der Waals surface area (Å²) in [5.74, 6) is 0. The molecule has 0 aromatic carbocycles. The molecule has 80 valence electrons. The molecule has 0 amide bonds. The third-order valence-corrected chi connectivity index (χ3v) is 4.01. The number of thiazole rings is 1. The smallest absolute Gasteiger partial charge is 0.106 e. The summed E-state index contributed by atoms with van der Waals surface area (Å²) in [5, 5.41) is 8.76. The van der Waals surface area contributed by atoms with Crippen LogP contribution < -0.4 is 5.32 Å². The minimum absolute atomic E-state index is 0.874. The monoisotopic (exact) mass is 238 g/mol. The van der Waals surface area contributed by atoms with Crippen molar-refractivity contribution in [3.8, 4) is 0 Å². The molecular formula is C11H14N2S2. The van der Waals surface area contributed by atoms with Crippen molar-refractivity contribution in [3.05, 3.63) is 38.5 Å². The van der Waals surface area contributed by atoms with Crippen LogP contribution in [0.25, 0.3) is 0 Å². The molecule has 15 heavy (non-hydrogen) atoms. The zero-order valence-electron chi connectivity index (χ0n) is 8.69. The van der Waals surface area contributed by atoms with Gasteiger partial charge < -0.3 is 5.32 Å². The molecule has 4 heteroatoms. The van der Waals surface area contributed by atoms with Crippen molar-refractivity contribution in [1.82, 2.24) is 10.3 Å². The second kappa shape index (κ2) is 5.39. The number of hydrogen-bond donors (Lipinski definition) is 1. The predicted octanol–water partition coefficient (Wildman–Crippen LogP) is 3.06. The Balaban J connectivity index is 1.83. The summed E-state index contributed by atoms with van der Waals surface area (Å²) in [7, 11) is 0. The summed E-state index contributed by atoms with van der Waals surface area (Å²) in [6.07, 6.45) is 2.97. The molecule has 0 bridgehead atoms. The van der Waals surface area contributed by atoms with E-state index in [4.69, 9.17) is 0 Å². The minimum Gasteiger partial charge on any atom is -0.306 e. The van der Waals surface area contributed by atoms with Gasteiger partial charge in [-0.25, -0.2) is 4.98 Å². The highest BCUT2D eigenvalue weighted by molar-refractivity contribution is 7.10. The van der Waals surface area contributed by atoms with E-state index in [-0.39, 0.29) is 0 Å². The molecule has 0 aliphatic rings. The van der Waals surface area contributed by atoms with Crippen LogP contribution in [0.4, 0.5) is 0 Å². The number of aromatic nitrogens is 1. The molecule has 2 aromatic rings. The van der Waals surface area contributed by atoms with Gasteiger partial charge in [-0.15, -0.1) is 22.7 Å². The van der Waals surface area contributed by atoms with Crippen LogP contribution in [-0.2, 0) is 19.5 Å². The van der Waals surface area contributed by atoms with Crippen LogP contribution in [0, 0.1) is 0 Å². The van der Waals surface area contributed by atoms with Gasteiger partial charge in [0.05, 0.1) is 0 Å². The van der Waals surface area contributed by atoms with E-state index < -0.39 is 0 Å². The fourth-order valence-corrected chi connectivity index (χ4v) is 2.99. The minimum atomic E-state index is 0.874. The molecule has 2 rings (SSSR count). The van der Waals surface area contributed by atoms with Crippen molar-refractivity contribution in [2.24, 2.45) is 0 Å². The first-order chi connectivity index (χ1) is 7.40. The van der Waals surface area contributed by atoms with Crippen LogP contribution in [0.15, 0.2) is 23.0 Å². The van der Waals surface area contributed by atoms with Crippen molar-refractivity contribution in [3.63, 3.8) is 0 Å². The maximum Gasteiger partial charge on any atom is 0.106 e. The van der Waals surface area contributed by atoms with Crippen LogP contribution in [0.2, 0.25) is 0 Å². The average molecular weight is 238 g/mol. The maximum atomic E-state index is 4.24. The molecule has 0 atom stereocenters. The molecule has 0 aliphatic carbocycles. The number of nitrogens with zero attached hydrogens (tertiary/aromatic N) is 1. The summed E-state index contributed by atoms with van der Waals surface area (Å²) < 4.78 is 0. The fraction of sp³-hybridized carbons (Fsp3) is 0.364. The first-order valence-corrected chi connectivity index (χ1v) is 6.80. The Morgan fingerprint density at radius 2 is 2.20 bits per heavy atom. The van der Waals surface area contributed by atoms with Crippen LogP contribution in [0.1, 0.15) is 22.4 Å². The second-order valence-corrected chi connectivity index (χ2v) is 5.23. The summed E-state index contributed by atoms with van der Waals surface area (Å²) >= 11 is 3.53. The van der Waals surface area contributed by atoms with Crippen molar-refractivity contribution >= 4 is 22.7 Å². The van der Waals surface area contributed by atoms with Gasteiger partial charge in [0.1, 0.15) is 5.01 Å². The van der Waals surface area contributed by atoms with Gasteiger partial charge in [-0.2, -0.15) is 0 Å². The Kier molecular flexibility index (Phi) is 3.88. The Hall–Kier alpha value is -0.710. The van der Waals surface area contributed by atoms with Crippen molar-refractivity contribution in [1.29, 1.82) is 0 Å². The van der Waals surface area contributed by atoms with Gasteiger partial charge in [-0.1, -0.05) is 6.92 Å². The van der Waals surface area contributed by atoms with Gasteiger partial charge in [0, 0.05) is 29.5 Å². The van der Waals surface area contributed by atoms with Gasteiger partial charge in [-0.3, -0.25) is 0 Å². The molecule has 0 saturated heterocycles. The van der Waals surface area contributed by atoms with E-state index in [1.54, 1.807) is 11.3 Å². The van der Waals surface area contributed by atoms with Crippen LogP contribution in [-0.4, -0.2) is 4.98 Å². The lowest BCUT2D eigenvalue weighted by molar-refractivity contribution is 0.693. The van der Waals surface area contributed by atoms with Gasteiger partial charge in [0.2, 0.25) is 0 Å². The Morgan fingerprint density at radius 1 is 1.27 bits per heavy atom. The quantitative estimate of drug-likeness (QED) is 0.866. The van der Waals surface area contributed by atoms with E-state index in [0.717, 1.165) is 24.5 Å². The topological polar surface area (TPSA) is 24.9 Å². The number of nitrogens with one attached hydrogen (secondary N) is 1. The first kappa shape index (κ1) is 10.8. The van der Waals surface area contributed by atoms with E-state index in [1.165, 1.54) is 10.4 Å². The highest BCUT2D eigenvalue weighted by Gasteiger charge is 2.02. The van der Waals surface area contributed by atoms with Crippen molar-refractivity contribution < 1.29 is 0 Å². The van der Waals surface area contributed by atoms with Crippen LogP contribution in [0.3, 0.4) is 0 Å². The Morgan fingerprint density at radius 3 is 2.93 bits per heavy atom. The number of thiophene rings is 1. The van der Waals surface area contributed by atoms with Crippen molar-refractivity contribution in [2.45, 2.75) is 26.4 Å². The lowest BCUT2D eigenvalue weighted by Gasteiger charge is -2.02. The van der Waals surface area contributed by atoms with E-state index in [1.807, 2.05) is 22.9 Å². The Labute approximate surface area is 98.0 Å². The first-order valence-electron chi connectivity index (χ1n) is 5.04. The average Bonchev–Trinajstić information content (AvgIpc) is 2.88. The SMILES string of the molecule is CCc1ccsc1CNCc1nccs1. The summed E-state index contributed by atoms with van der Waals surface area (Å²) in [5.41, 5.74) is 1.46. The summed E-state index contributed by atoms with van der Waals surface area (Å²) in [6.45, 7) is 4.03. The maximum absolute atomic E-state index is 4.24. The summed E-state index contributed by atoms with van der Waals surface area (Å²) in [4.78, 5) is 5.69. The zero-order valence-corrected chi connectivity index (χ0v) is 10.3. The zero-order chi connectivity index (χ0) is 10.5. The van der Waals surface area contributed by atoms with Gasteiger partial charge >= 0.3 is 0 Å². The van der Waals surface area contributed by atoms with E-state index in [0.29, 0.717) is 0 Å². The largest absolute Gasteiger partial charge is 0.306 e. The molecule has 2 aromatic heterocycles. The predicted molar refractivity (Wildman–Crippen MR) is 66.4 cm³/mol. The van der Waals surface area contributed by atoms with Gasteiger partial charge in [-0.05, 0) is 23.4 Å². The lowest BCUT2D eigenvalue weighted by Crippen LogP contribution is -2.12. The molecule has 0 saturated carbocycles. The van der Waals surface area contributed by atoms with Crippen molar-refractivity contribution in [2.75, 3.05) is 0 Å². The normalized spacial score (nSPS) is 10.7. The third-order valence-electron chi connectivity index (χ3n) is 2.26. The van der Waals surface area contributed by atoms with E-state index >= 15 is 0 Å². The molecule has 0 fully saturated rings. The molecule has 0 radical (unpaired) electrons. The van der Waals surface area contributed by atoms with Crippen LogP contribution in [0.5, 0.6) is 0 Å². The van der Waals surface area contributed by atoms with Gasteiger partial charge in [0.15, 0.2) is 0 Å². The lowest BCUT2D eigenvalue weighted by atomic mass is 10.2. The molecule has 1 N–H and O–H groups in total. The van der Waals surface area contributed by atoms with Gasteiger partial charge in [0.25, 0.3) is 0 Å². The molecular weight excluding hydrogens is 224 g/mol. The summed E-state index contributed by atoms with van der Waals surface area (Å²) in [6, 6.07) is 2.21. The van der Waals surface area contributed by atoms with E-state index in [9.17, 15) is 0 Å². The highest BCUT2D eigenvalue weighted by Crippen LogP contribution is 2.17. The third kappa shape index (κ3) is 2.87. The number of aryl methyl sites for hydroxylation is 1. The Bertz CT molecular complexity index is 392. The standard InChI is InChI=1S/C11H14N2S2/c1-2-9-3-5-14-10(9)7-12-8-11-13-4-6-15-11/h3-6,12H,2,7-8H2,1H3. The molecule has 2 nitrogen and oxygen atoms in total. The fourth-order valence-electron chi connectivity index (χ4n) is 1.46. The molecule has 0 spiro atoms. The molecule has 0 unspecified atom stereocenters. The highest BCUT2D eigenvalue weighted by atomic mass is 32.1. The molecule has 0 aliphatic heterocycles.